The Morgan fingerprint density at radius 1 is 1.46 bits per heavy atom. The minimum Gasteiger partial charge on any atom is -0.377 e. The van der Waals surface area contributed by atoms with Gasteiger partial charge in [-0.1, -0.05) is 23.2 Å². The summed E-state index contributed by atoms with van der Waals surface area (Å²) in [6, 6.07) is 5.27. The van der Waals surface area contributed by atoms with E-state index in [0.29, 0.717) is 28.9 Å². The first-order valence-electron chi connectivity index (χ1n) is 7.90. The third-order valence-electron chi connectivity index (χ3n) is 3.95. The molecule has 1 atom stereocenters. The molecule has 4 nitrogen and oxygen atoms in total. The van der Waals surface area contributed by atoms with Crippen LogP contribution in [0.5, 0.6) is 0 Å². The Labute approximate surface area is 155 Å². The highest BCUT2D eigenvalue weighted by Gasteiger charge is 2.26. The van der Waals surface area contributed by atoms with Crippen LogP contribution in [0.15, 0.2) is 23.6 Å². The van der Waals surface area contributed by atoms with E-state index >= 15 is 0 Å². The number of amides is 1. The predicted octanol–water partition coefficient (Wildman–Crippen LogP) is 4.76. The van der Waals surface area contributed by atoms with Crippen LogP contribution in [0.2, 0.25) is 10.0 Å². The van der Waals surface area contributed by atoms with Gasteiger partial charge in [-0.3, -0.25) is 4.79 Å². The molecule has 1 saturated heterocycles. The van der Waals surface area contributed by atoms with Crippen molar-refractivity contribution < 1.29 is 9.53 Å². The standard InChI is InChI=1S/C17H18Cl2N2O2S/c1-2-23-12-4-3-7-21(9-12)17(22)15-10-24-16(20-15)13-6-5-11(18)8-14(13)19/h5-6,8,10,12H,2-4,7,9H2,1H3. The monoisotopic (exact) mass is 384 g/mol. The molecule has 2 aromatic rings. The maximum Gasteiger partial charge on any atom is 0.273 e. The number of thiazole rings is 1. The molecule has 1 aliphatic heterocycles. The molecular weight excluding hydrogens is 367 g/mol. The molecule has 2 heterocycles. The second kappa shape index (κ2) is 7.83. The van der Waals surface area contributed by atoms with Gasteiger partial charge in [0.05, 0.1) is 11.1 Å². The maximum absolute atomic E-state index is 12.7. The van der Waals surface area contributed by atoms with Crippen molar-refractivity contribution in [2.24, 2.45) is 0 Å². The summed E-state index contributed by atoms with van der Waals surface area (Å²) in [5.74, 6) is -0.0491. The van der Waals surface area contributed by atoms with Crippen molar-refractivity contribution >= 4 is 40.4 Å². The molecule has 1 unspecified atom stereocenters. The van der Waals surface area contributed by atoms with Crippen LogP contribution in [-0.2, 0) is 4.74 Å². The normalized spacial score (nSPS) is 18.0. The first-order valence-corrected chi connectivity index (χ1v) is 9.54. The Bertz CT molecular complexity index is 733. The lowest BCUT2D eigenvalue weighted by Crippen LogP contribution is -2.43. The fourth-order valence-corrected chi connectivity index (χ4v) is 4.20. The van der Waals surface area contributed by atoms with E-state index < -0.39 is 0 Å². The number of hydrogen-bond acceptors (Lipinski definition) is 4. The molecule has 3 rings (SSSR count). The number of rotatable bonds is 4. The summed E-state index contributed by atoms with van der Waals surface area (Å²) in [6.45, 7) is 4.02. The predicted molar refractivity (Wildman–Crippen MR) is 98.1 cm³/mol. The van der Waals surface area contributed by atoms with E-state index in [1.807, 2.05) is 17.9 Å². The highest BCUT2D eigenvalue weighted by molar-refractivity contribution is 7.13. The fourth-order valence-electron chi connectivity index (χ4n) is 2.81. The van der Waals surface area contributed by atoms with E-state index in [2.05, 4.69) is 4.98 Å². The van der Waals surface area contributed by atoms with Crippen LogP contribution in [0.25, 0.3) is 10.6 Å². The van der Waals surface area contributed by atoms with Crippen molar-refractivity contribution in [3.05, 3.63) is 39.3 Å². The quantitative estimate of drug-likeness (QED) is 0.762. The summed E-state index contributed by atoms with van der Waals surface area (Å²) < 4.78 is 5.66. The van der Waals surface area contributed by atoms with Crippen LogP contribution < -0.4 is 0 Å². The Morgan fingerprint density at radius 2 is 2.29 bits per heavy atom. The fraction of sp³-hybridized carbons (Fsp3) is 0.412. The number of aromatic nitrogens is 1. The molecule has 24 heavy (non-hydrogen) atoms. The number of carbonyl (C=O) groups is 1. The van der Waals surface area contributed by atoms with Gasteiger partial charge in [-0.05, 0) is 38.0 Å². The van der Waals surface area contributed by atoms with Gasteiger partial charge in [0.2, 0.25) is 0 Å². The van der Waals surface area contributed by atoms with E-state index in [1.54, 1.807) is 17.5 Å². The van der Waals surface area contributed by atoms with Crippen LogP contribution in [-0.4, -0.2) is 41.6 Å². The number of carbonyl (C=O) groups excluding carboxylic acids is 1. The lowest BCUT2D eigenvalue weighted by molar-refractivity contribution is 0.00706. The summed E-state index contributed by atoms with van der Waals surface area (Å²) in [6.07, 6.45) is 2.08. The average Bonchev–Trinajstić information content (AvgIpc) is 3.04. The van der Waals surface area contributed by atoms with Crippen molar-refractivity contribution in [2.45, 2.75) is 25.9 Å². The number of likely N-dealkylation sites (tertiary alicyclic amines) is 1. The molecule has 1 aromatic heterocycles. The second-order valence-corrected chi connectivity index (χ2v) is 7.33. The van der Waals surface area contributed by atoms with Crippen LogP contribution >= 0.6 is 34.5 Å². The number of benzene rings is 1. The molecule has 128 valence electrons. The van der Waals surface area contributed by atoms with Gasteiger partial charge in [-0.25, -0.2) is 4.98 Å². The van der Waals surface area contributed by atoms with E-state index in [0.717, 1.165) is 30.0 Å². The Morgan fingerprint density at radius 3 is 3.04 bits per heavy atom. The van der Waals surface area contributed by atoms with Gasteiger partial charge in [0, 0.05) is 35.7 Å². The first-order chi connectivity index (χ1) is 11.6. The molecule has 0 bridgehead atoms. The second-order valence-electron chi connectivity index (χ2n) is 5.63. The Balaban J connectivity index is 1.76. The summed E-state index contributed by atoms with van der Waals surface area (Å²) in [7, 11) is 0. The zero-order valence-electron chi connectivity index (χ0n) is 13.3. The minimum absolute atomic E-state index is 0.0491. The van der Waals surface area contributed by atoms with Crippen molar-refractivity contribution in [3.63, 3.8) is 0 Å². The van der Waals surface area contributed by atoms with Crippen LogP contribution in [0.3, 0.4) is 0 Å². The van der Waals surface area contributed by atoms with Gasteiger partial charge in [0.15, 0.2) is 0 Å². The van der Waals surface area contributed by atoms with Gasteiger partial charge >= 0.3 is 0 Å². The molecule has 0 N–H and O–H groups in total. The SMILES string of the molecule is CCOC1CCCN(C(=O)c2csc(-c3ccc(Cl)cc3Cl)n2)C1. The third-order valence-corrected chi connectivity index (χ3v) is 5.38. The van der Waals surface area contributed by atoms with E-state index in [-0.39, 0.29) is 12.0 Å². The van der Waals surface area contributed by atoms with Crippen LogP contribution in [0, 0.1) is 0 Å². The van der Waals surface area contributed by atoms with Crippen molar-refractivity contribution in [1.29, 1.82) is 0 Å². The molecule has 1 aliphatic rings. The van der Waals surface area contributed by atoms with Gasteiger partial charge in [0.25, 0.3) is 5.91 Å². The third kappa shape index (κ3) is 3.91. The largest absolute Gasteiger partial charge is 0.377 e. The molecule has 0 spiro atoms. The summed E-state index contributed by atoms with van der Waals surface area (Å²) >= 11 is 13.6. The average molecular weight is 385 g/mol. The molecular formula is C17H18Cl2N2O2S. The van der Waals surface area contributed by atoms with E-state index in [4.69, 9.17) is 27.9 Å². The van der Waals surface area contributed by atoms with Gasteiger partial charge < -0.3 is 9.64 Å². The summed E-state index contributed by atoms with van der Waals surface area (Å²) in [5.41, 5.74) is 1.24. The molecule has 0 aliphatic carbocycles. The molecule has 1 aromatic carbocycles. The lowest BCUT2D eigenvalue weighted by Gasteiger charge is -2.32. The number of halogens is 2. The number of hydrogen-bond donors (Lipinski definition) is 0. The highest BCUT2D eigenvalue weighted by Crippen LogP contribution is 2.32. The summed E-state index contributed by atoms with van der Waals surface area (Å²) in [5, 5.41) is 3.61. The van der Waals surface area contributed by atoms with Crippen molar-refractivity contribution in [3.8, 4) is 10.6 Å². The Kier molecular flexibility index (Phi) is 5.76. The molecule has 0 radical (unpaired) electrons. The lowest BCUT2D eigenvalue weighted by atomic mass is 10.1. The molecule has 1 fully saturated rings. The zero-order chi connectivity index (χ0) is 17.1. The molecule has 1 amide bonds. The van der Waals surface area contributed by atoms with Gasteiger partial charge in [-0.15, -0.1) is 11.3 Å². The molecule has 0 saturated carbocycles. The minimum atomic E-state index is -0.0491. The Hall–Kier alpha value is -1.14. The number of ether oxygens (including phenoxy) is 1. The first kappa shape index (κ1) is 17.7. The maximum atomic E-state index is 12.7. The molecule has 7 heteroatoms. The number of piperidine rings is 1. The van der Waals surface area contributed by atoms with Gasteiger partial charge in [0.1, 0.15) is 10.7 Å². The van der Waals surface area contributed by atoms with E-state index in [1.165, 1.54) is 11.3 Å². The smallest absolute Gasteiger partial charge is 0.273 e. The van der Waals surface area contributed by atoms with Crippen molar-refractivity contribution in [2.75, 3.05) is 19.7 Å². The highest BCUT2D eigenvalue weighted by atomic mass is 35.5. The number of nitrogens with zero attached hydrogens (tertiary/aromatic N) is 2. The topological polar surface area (TPSA) is 42.4 Å². The van der Waals surface area contributed by atoms with Crippen LogP contribution in [0.4, 0.5) is 0 Å². The van der Waals surface area contributed by atoms with E-state index in [9.17, 15) is 4.79 Å². The van der Waals surface area contributed by atoms with Crippen molar-refractivity contribution in [1.82, 2.24) is 9.88 Å². The summed E-state index contributed by atoms with van der Waals surface area (Å²) in [4.78, 5) is 19.0. The zero-order valence-corrected chi connectivity index (χ0v) is 15.6. The van der Waals surface area contributed by atoms with Gasteiger partial charge in [-0.2, -0.15) is 0 Å². The van der Waals surface area contributed by atoms with Crippen LogP contribution in [0.1, 0.15) is 30.3 Å².